The number of halogens is 1. The molecule has 1 aliphatic carbocycles. The topological polar surface area (TPSA) is 74.9 Å². The van der Waals surface area contributed by atoms with Crippen LogP contribution in [0.3, 0.4) is 0 Å². The fraction of sp³-hybridized carbons (Fsp3) is 0.308. The lowest BCUT2D eigenvalue weighted by Crippen LogP contribution is -2.05. The summed E-state index contributed by atoms with van der Waals surface area (Å²) in [6.07, 6.45) is 4.41. The normalized spacial score (nSPS) is 14.5. The van der Waals surface area contributed by atoms with Gasteiger partial charge in [0.15, 0.2) is 0 Å². The van der Waals surface area contributed by atoms with Crippen molar-refractivity contribution in [3.05, 3.63) is 27.7 Å². The number of nitrogens with zero attached hydrogens (tertiary/aromatic N) is 1. The van der Waals surface area contributed by atoms with E-state index in [-0.39, 0.29) is 5.75 Å². The Labute approximate surface area is 113 Å². The summed E-state index contributed by atoms with van der Waals surface area (Å²) in [4.78, 5) is 0. The van der Waals surface area contributed by atoms with Gasteiger partial charge >= 0.3 is 0 Å². The van der Waals surface area contributed by atoms with Gasteiger partial charge in [0.05, 0.1) is 10.2 Å². The van der Waals surface area contributed by atoms with Gasteiger partial charge in [-0.2, -0.15) is 5.10 Å². The van der Waals surface area contributed by atoms with Gasteiger partial charge in [0.2, 0.25) is 0 Å². The molecule has 0 fully saturated rings. The highest BCUT2D eigenvalue weighted by Crippen LogP contribution is 2.42. The smallest absolute Gasteiger partial charge is 0.145 e. The molecule has 0 unspecified atom stereocenters. The molecule has 1 heterocycles. The Balaban J connectivity index is 2.26. The van der Waals surface area contributed by atoms with Gasteiger partial charge in [0, 0.05) is 11.6 Å². The predicted octanol–water partition coefficient (Wildman–Crippen LogP) is 3.01. The third-order valence-electron chi connectivity index (χ3n) is 3.44. The number of aromatic hydroxyl groups is 1. The van der Waals surface area contributed by atoms with Crippen LogP contribution in [0.2, 0.25) is 0 Å². The number of nitrogens with one attached hydrogen (secondary N) is 1. The van der Waals surface area contributed by atoms with Crippen LogP contribution in [0.1, 0.15) is 24.0 Å². The number of rotatable bonds is 1. The number of benzene rings is 1. The lowest BCUT2D eigenvalue weighted by atomic mass is 9.87. The number of hydrogen-bond acceptors (Lipinski definition) is 3. The standard InChI is InChI=1S/C13H14BrN3O/c14-9-5-7-3-1-2-4-8(7)12(13(9)18)10-6-11(15)17-16-10/h5-6,18H,1-4H2,(H3,15,16,17). The molecule has 0 aliphatic heterocycles. The third kappa shape index (κ3) is 1.79. The number of phenols is 1. The Bertz CT molecular complexity index is 607. The summed E-state index contributed by atoms with van der Waals surface area (Å²) in [7, 11) is 0. The average molecular weight is 308 g/mol. The van der Waals surface area contributed by atoms with Gasteiger partial charge in [-0.1, -0.05) is 0 Å². The van der Waals surface area contributed by atoms with E-state index in [1.54, 1.807) is 6.07 Å². The van der Waals surface area contributed by atoms with Crippen LogP contribution in [0.4, 0.5) is 5.82 Å². The highest BCUT2D eigenvalue weighted by atomic mass is 79.9. The molecule has 0 saturated carbocycles. The van der Waals surface area contributed by atoms with Gasteiger partial charge in [0.1, 0.15) is 11.6 Å². The number of nitrogen functional groups attached to an aromatic ring is 1. The van der Waals surface area contributed by atoms with Crippen molar-refractivity contribution in [3.63, 3.8) is 0 Å². The highest BCUT2D eigenvalue weighted by molar-refractivity contribution is 9.10. The number of fused-ring (bicyclic) bond motifs is 1. The molecule has 1 aliphatic rings. The summed E-state index contributed by atoms with van der Waals surface area (Å²) in [5.41, 5.74) is 9.78. The fourth-order valence-corrected chi connectivity index (χ4v) is 3.09. The number of H-pyrrole nitrogens is 1. The van der Waals surface area contributed by atoms with Crippen LogP contribution in [0.15, 0.2) is 16.6 Å². The second-order valence-corrected chi connectivity index (χ2v) is 5.49. The number of nitrogens with two attached hydrogens (primary N) is 1. The van der Waals surface area contributed by atoms with Gasteiger partial charge in [0.25, 0.3) is 0 Å². The molecule has 1 aromatic carbocycles. The SMILES string of the molecule is Nc1cc(-c2c(O)c(Br)cc3c2CCCC3)[nH]n1. The van der Waals surface area contributed by atoms with Gasteiger partial charge < -0.3 is 10.8 Å². The highest BCUT2D eigenvalue weighted by Gasteiger charge is 2.21. The molecule has 3 rings (SSSR count). The maximum atomic E-state index is 10.3. The van der Waals surface area contributed by atoms with Crippen LogP contribution < -0.4 is 5.73 Å². The lowest BCUT2D eigenvalue weighted by molar-refractivity contribution is 0.471. The van der Waals surface area contributed by atoms with Crippen molar-refractivity contribution in [1.82, 2.24) is 10.2 Å². The van der Waals surface area contributed by atoms with Gasteiger partial charge in [-0.3, -0.25) is 5.10 Å². The lowest BCUT2D eigenvalue weighted by Gasteiger charge is -2.20. The van der Waals surface area contributed by atoms with Crippen molar-refractivity contribution in [2.75, 3.05) is 5.73 Å². The summed E-state index contributed by atoms with van der Waals surface area (Å²) < 4.78 is 0.728. The molecule has 94 valence electrons. The Kier molecular flexibility index (Phi) is 2.78. The third-order valence-corrected chi connectivity index (χ3v) is 4.05. The number of phenolic OH excluding ortho intramolecular Hbond substituents is 1. The monoisotopic (exact) mass is 307 g/mol. The molecule has 1 aromatic heterocycles. The first-order valence-electron chi connectivity index (χ1n) is 6.01. The summed E-state index contributed by atoms with van der Waals surface area (Å²) >= 11 is 3.41. The van der Waals surface area contributed by atoms with E-state index in [0.717, 1.165) is 35.0 Å². The molecule has 18 heavy (non-hydrogen) atoms. The van der Waals surface area contributed by atoms with Crippen molar-refractivity contribution in [1.29, 1.82) is 0 Å². The Morgan fingerprint density at radius 1 is 1.28 bits per heavy atom. The minimum absolute atomic E-state index is 0.263. The van der Waals surface area contributed by atoms with Crippen LogP contribution in [0.5, 0.6) is 5.75 Å². The first kappa shape index (κ1) is 11.6. The molecule has 0 amide bonds. The van der Waals surface area contributed by atoms with Crippen molar-refractivity contribution >= 4 is 21.7 Å². The number of aromatic nitrogens is 2. The first-order chi connectivity index (χ1) is 8.66. The van der Waals surface area contributed by atoms with E-state index in [1.807, 2.05) is 6.07 Å². The Hall–Kier alpha value is -1.49. The molecule has 4 nitrogen and oxygen atoms in total. The van der Waals surface area contributed by atoms with E-state index >= 15 is 0 Å². The number of aryl methyl sites for hydroxylation is 1. The maximum absolute atomic E-state index is 10.3. The first-order valence-corrected chi connectivity index (χ1v) is 6.80. The minimum atomic E-state index is 0.263. The van der Waals surface area contributed by atoms with Crippen LogP contribution in [0.25, 0.3) is 11.3 Å². The van der Waals surface area contributed by atoms with Gasteiger partial charge in [-0.25, -0.2) is 0 Å². The van der Waals surface area contributed by atoms with E-state index in [9.17, 15) is 5.11 Å². The maximum Gasteiger partial charge on any atom is 0.145 e. The molecule has 2 aromatic rings. The van der Waals surface area contributed by atoms with Crippen LogP contribution >= 0.6 is 15.9 Å². The van der Waals surface area contributed by atoms with Crippen molar-refractivity contribution < 1.29 is 5.11 Å². The zero-order valence-corrected chi connectivity index (χ0v) is 11.4. The van der Waals surface area contributed by atoms with Crippen molar-refractivity contribution in [3.8, 4) is 17.0 Å². The molecule has 0 atom stereocenters. The van der Waals surface area contributed by atoms with E-state index < -0.39 is 0 Å². The summed E-state index contributed by atoms with van der Waals surface area (Å²) in [6, 6.07) is 3.78. The van der Waals surface area contributed by atoms with E-state index in [4.69, 9.17) is 5.73 Å². The summed E-state index contributed by atoms with van der Waals surface area (Å²) in [5, 5.41) is 17.1. The largest absolute Gasteiger partial charge is 0.506 e. The Morgan fingerprint density at radius 3 is 2.78 bits per heavy atom. The second-order valence-electron chi connectivity index (χ2n) is 4.63. The number of hydrogen-bond donors (Lipinski definition) is 3. The van der Waals surface area contributed by atoms with E-state index in [2.05, 4.69) is 26.1 Å². The summed E-state index contributed by atoms with van der Waals surface area (Å²) in [6.45, 7) is 0. The number of anilines is 1. The minimum Gasteiger partial charge on any atom is -0.506 e. The second kappa shape index (κ2) is 4.31. The van der Waals surface area contributed by atoms with Gasteiger partial charge in [-0.15, -0.1) is 0 Å². The van der Waals surface area contributed by atoms with E-state index in [1.165, 1.54) is 17.5 Å². The summed E-state index contributed by atoms with van der Waals surface area (Å²) in [5.74, 6) is 0.702. The van der Waals surface area contributed by atoms with E-state index in [0.29, 0.717) is 5.82 Å². The zero-order valence-electron chi connectivity index (χ0n) is 9.83. The molecule has 0 saturated heterocycles. The quantitative estimate of drug-likeness (QED) is 0.758. The van der Waals surface area contributed by atoms with Crippen molar-refractivity contribution in [2.24, 2.45) is 0 Å². The zero-order chi connectivity index (χ0) is 12.7. The Morgan fingerprint density at radius 2 is 2.06 bits per heavy atom. The number of aromatic amines is 1. The predicted molar refractivity (Wildman–Crippen MR) is 74.4 cm³/mol. The molecule has 5 heteroatoms. The van der Waals surface area contributed by atoms with Crippen LogP contribution in [-0.2, 0) is 12.8 Å². The molecular weight excluding hydrogens is 294 g/mol. The van der Waals surface area contributed by atoms with Crippen LogP contribution in [0, 0.1) is 0 Å². The van der Waals surface area contributed by atoms with Crippen LogP contribution in [-0.4, -0.2) is 15.3 Å². The van der Waals surface area contributed by atoms with Crippen molar-refractivity contribution in [2.45, 2.75) is 25.7 Å². The molecular formula is C13H14BrN3O. The molecule has 0 spiro atoms. The molecule has 0 bridgehead atoms. The average Bonchev–Trinajstić information content (AvgIpc) is 2.77. The molecule has 4 N–H and O–H groups in total. The molecule has 0 radical (unpaired) electrons. The van der Waals surface area contributed by atoms with Gasteiger partial charge in [-0.05, 0) is 58.8 Å². The fourth-order valence-electron chi connectivity index (χ4n) is 2.61.